The second-order valence-corrected chi connectivity index (χ2v) is 15.6. The van der Waals surface area contributed by atoms with E-state index in [0.717, 1.165) is 0 Å². The number of fused-ring (bicyclic) bond motifs is 6. The number of ether oxygens (including phenoxy) is 2. The van der Waals surface area contributed by atoms with Crippen molar-refractivity contribution in [3.63, 3.8) is 0 Å². The smallest absolute Gasteiger partial charge is 0.377 e. The summed E-state index contributed by atoms with van der Waals surface area (Å²) in [6, 6.07) is 0. The number of aryl methyl sites for hydroxylation is 1. The molecule has 1 saturated heterocycles. The molecule has 2 aliphatic rings. The van der Waals surface area contributed by atoms with Crippen molar-refractivity contribution >= 4 is 59.9 Å². The number of nitrogens with zero attached hydrogens (tertiary/aromatic N) is 7. The van der Waals surface area contributed by atoms with Gasteiger partial charge in [-0.1, -0.05) is 19.2 Å². The van der Waals surface area contributed by atoms with Crippen molar-refractivity contribution in [2.45, 2.75) is 52.0 Å². The van der Waals surface area contributed by atoms with E-state index >= 15 is 0 Å². The van der Waals surface area contributed by atoms with Crippen molar-refractivity contribution in [1.29, 1.82) is 0 Å². The Hall–Kier alpha value is -2.15. The Balaban J connectivity index is 1.37. The van der Waals surface area contributed by atoms with Gasteiger partial charge in [-0.25, -0.2) is 29.5 Å². The van der Waals surface area contributed by atoms with Crippen LogP contribution in [-0.2, 0) is 63.7 Å². The van der Waals surface area contributed by atoms with Gasteiger partial charge in [-0.15, -0.1) is 0 Å². The standard InChI is InChI=1S/C22H28N8O9P2S2/c1-11-14-7-36-40(32,42)35-5-4-29-16(27-13-6-23-15(8-34-3)28-19(13)29)9-37-41(33,43)39-18(11)22(38-14)30-10-24-17-20(30)25-12(2)26-21(17)31/h6,10-11,14,18,22H,4-5,7-9H2,1-3H3,(H,32,42)(H,33,43)(H,25,26,31)/t11-,14-,18-,22-,40?,41?/m1/s1. The van der Waals surface area contributed by atoms with Gasteiger partial charge in [0.25, 0.3) is 5.56 Å². The zero-order chi connectivity index (χ0) is 30.5. The van der Waals surface area contributed by atoms with E-state index in [0.29, 0.717) is 28.6 Å². The second kappa shape index (κ2) is 12.0. The molecule has 2 N–H and O–H groups in total. The lowest BCUT2D eigenvalue weighted by molar-refractivity contribution is -0.0451. The third-order valence-corrected chi connectivity index (χ3v) is 10.2. The van der Waals surface area contributed by atoms with Crippen LogP contribution in [0.5, 0.6) is 0 Å². The number of hydrogen-bond donors (Lipinski definition) is 3. The first-order valence-corrected chi connectivity index (χ1v) is 18.3. The fourth-order valence-corrected chi connectivity index (χ4v) is 7.52. The summed E-state index contributed by atoms with van der Waals surface area (Å²) in [5, 5.41) is 0. The fraction of sp³-hybridized carbons (Fsp3) is 0.545. The van der Waals surface area contributed by atoms with Crippen LogP contribution in [0.15, 0.2) is 17.3 Å². The Morgan fingerprint density at radius 3 is 2.84 bits per heavy atom. The molecular weight excluding hydrogens is 646 g/mol. The molecule has 0 aliphatic carbocycles. The summed E-state index contributed by atoms with van der Waals surface area (Å²) in [6.45, 7) is -4.58. The lowest BCUT2D eigenvalue weighted by Crippen LogP contribution is -2.28. The number of methoxy groups -OCH3 is 1. The summed E-state index contributed by atoms with van der Waals surface area (Å²) in [7, 11) is 1.53. The van der Waals surface area contributed by atoms with E-state index < -0.39 is 43.4 Å². The molecule has 6 rings (SSSR count). The maximum Gasteiger partial charge on any atom is 0.386 e. The Kier molecular flexibility index (Phi) is 8.60. The molecule has 17 nitrogen and oxygen atoms in total. The van der Waals surface area contributed by atoms with Gasteiger partial charge < -0.3 is 33.0 Å². The maximum absolute atomic E-state index is 13.1. The number of aromatic nitrogens is 8. The molecule has 6 atom stereocenters. The van der Waals surface area contributed by atoms with E-state index in [2.05, 4.69) is 42.2 Å². The zero-order valence-corrected chi connectivity index (χ0v) is 26.6. The van der Waals surface area contributed by atoms with Crippen LogP contribution in [0.2, 0.25) is 0 Å². The Morgan fingerprint density at radius 1 is 1.23 bits per heavy atom. The highest BCUT2D eigenvalue weighted by Gasteiger charge is 2.47. The van der Waals surface area contributed by atoms with Crippen LogP contribution in [0.25, 0.3) is 22.3 Å². The summed E-state index contributed by atoms with van der Waals surface area (Å²) >= 11 is 9.57. The minimum absolute atomic E-state index is 0.0838. The van der Waals surface area contributed by atoms with Crippen molar-refractivity contribution in [3.05, 3.63) is 40.4 Å². The highest BCUT2D eigenvalue weighted by Crippen LogP contribution is 2.55. The number of aromatic amines is 1. The molecule has 2 bridgehead atoms. The van der Waals surface area contributed by atoms with Gasteiger partial charge >= 0.3 is 13.5 Å². The largest absolute Gasteiger partial charge is 0.386 e. The first-order chi connectivity index (χ1) is 20.4. The Morgan fingerprint density at radius 2 is 2.05 bits per heavy atom. The maximum atomic E-state index is 13.1. The van der Waals surface area contributed by atoms with Gasteiger partial charge in [0, 0.05) is 19.6 Å². The molecule has 4 aromatic heterocycles. The Bertz CT molecular complexity index is 1830. The van der Waals surface area contributed by atoms with Gasteiger partial charge in [-0.3, -0.25) is 18.4 Å². The molecule has 2 unspecified atom stereocenters. The van der Waals surface area contributed by atoms with E-state index in [-0.39, 0.29) is 44.1 Å². The average molecular weight is 675 g/mol. The summed E-state index contributed by atoms with van der Waals surface area (Å²) in [6.07, 6.45) is 0.321. The number of rotatable bonds is 3. The van der Waals surface area contributed by atoms with Gasteiger partial charge in [0.05, 0.1) is 31.8 Å². The van der Waals surface area contributed by atoms with E-state index in [4.69, 9.17) is 39.4 Å². The average Bonchev–Trinajstić information content (AvgIpc) is 3.60. The van der Waals surface area contributed by atoms with Gasteiger partial charge in [0.1, 0.15) is 36.5 Å². The molecule has 0 saturated carbocycles. The minimum atomic E-state index is -3.94. The molecule has 4 aromatic rings. The normalized spacial score (nSPS) is 30.7. The highest BCUT2D eigenvalue weighted by molar-refractivity contribution is 8.44. The molecule has 0 spiro atoms. The van der Waals surface area contributed by atoms with Crippen LogP contribution in [0, 0.1) is 12.8 Å². The van der Waals surface area contributed by atoms with Crippen LogP contribution in [0.4, 0.5) is 0 Å². The molecule has 2 aliphatic heterocycles. The number of nitrogens with one attached hydrogen (secondary N) is 1. The SMILES string of the molecule is COCc1ncc2nc3n(c2n1)CCOP(=O)(S)OC[C@H]1O[C@@H](n2cnc4c(=O)[nH]c(C)nc42)[C@H](OP(O)(=S)OC3)[C@@H]1C. The topological polar surface area (TPSA) is 200 Å². The third kappa shape index (κ3) is 6.35. The van der Waals surface area contributed by atoms with Gasteiger partial charge in [0.2, 0.25) is 0 Å². The molecular formula is C22H28N8O9P2S2. The number of imidazole rings is 2. The minimum Gasteiger partial charge on any atom is -0.377 e. The third-order valence-electron chi connectivity index (χ3n) is 7.00. The second-order valence-electron chi connectivity index (χ2n) is 9.92. The molecule has 43 heavy (non-hydrogen) atoms. The molecule has 21 heteroatoms. The van der Waals surface area contributed by atoms with Crippen molar-refractivity contribution in [1.82, 2.24) is 39.0 Å². The zero-order valence-electron chi connectivity index (χ0n) is 23.1. The van der Waals surface area contributed by atoms with Crippen LogP contribution >= 0.6 is 25.8 Å². The number of H-pyrrole nitrogens is 1. The van der Waals surface area contributed by atoms with Crippen molar-refractivity contribution in [3.8, 4) is 0 Å². The molecule has 6 heterocycles. The number of thiol groups is 1. The van der Waals surface area contributed by atoms with Crippen LogP contribution in [0.3, 0.4) is 0 Å². The summed E-state index contributed by atoms with van der Waals surface area (Å²) in [5.41, 5.74) is 0.793. The first kappa shape index (κ1) is 30.9. The van der Waals surface area contributed by atoms with Crippen molar-refractivity contribution < 1.29 is 37.0 Å². The molecule has 232 valence electrons. The molecule has 1 fully saturated rings. The summed E-state index contributed by atoms with van der Waals surface area (Å²) in [5.74, 6) is 0.636. The van der Waals surface area contributed by atoms with E-state index in [9.17, 15) is 14.3 Å². The van der Waals surface area contributed by atoms with E-state index in [1.54, 1.807) is 18.4 Å². The molecule has 0 radical (unpaired) electrons. The number of hydrogen-bond acceptors (Lipinski definition) is 14. The van der Waals surface area contributed by atoms with Gasteiger partial charge in [-0.2, -0.15) is 0 Å². The van der Waals surface area contributed by atoms with Gasteiger partial charge in [-0.05, 0) is 18.7 Å². The van der Waals surface area contributed by atoms with E-state index in [1.807, 2.05) is 0 Å². The van der Waals surface area contributed by atoms with Crippen molar-refractivity contribution in [2.75, 3.05) is 20.3 Å². The Labute approximate surface area is 254 Å². The molecule has 0 aromatic carbocycles. The predicted octanol–water partition coefficient (Wildman–Crippen LogP) is 2.15. The lowest BCUT2D eigenvalue weighted by Gasteiger charge is -2.26. The first-order valence-electron chi connectivity index (χ1n) is 13.0. The van der Waals surface area contributed by atoms with Gasteiger partial charge in [0.15, 0.2) is 28.9 Å². The fourth-order valence-electron chi connectivity index (χ4n) is 4.96. The summed E-state index contributed by atoms with van der Waals surface area (Å²) in [4.78, 5) is 48.2. The summed E-state index contributed by atoms with van der Waals surface area (Å²) < 4.78 is 50.7. The predicted molar refractivity (Wildman–Crippen MR) is 157 cm³/mol. The molecule has 0 amide bonds. The van der Waals surface area contributed by atoms with Crippen LogP contribution < -0.4 is 5.56 Å². The van der Waals surface area contributed by atoms with Crippen molar-refractivity contribution in [2.24, 2.45) is 5.92 Å². The van der Waals surface area contributed by atoms with Crippen LogP contribution in [-0.4, -0.2) is 76.5 Å². The van der Waals surface area contributed by atoms with Crippen LogP contribution in [0.1, 0.15) is 30.6 Å². The monoisotopic (exact) mass is 674 g/mol. The lowest BCUT2D eigenvalue weighted by atomic mass is 10.0. The highest BCUT2D eigenvalue weighted by atomic mass is 32.7. The van der Waals surface area contributed by atoms with E-state index in [1.165, 1.54) is 24.2 Å². The quantitative estimate of drug-likeness (QED) is 0.211.